The van der Waals surface area contributed by atoms with Gasteiger partial charge in [-0.1, -0.05) is 37.3 Å². The molecule has 0 saturated carbocycles. The maximum atomic E-state index is 12.0. The number of amides is 1. The number of carbonyl (C=O) groups excluding carboxylic acids is 2. The summed E-state index contributed by atoms with van der Waals surface area (Å²) in [6, 6.07) is 14.7. The van der Waals surface area contributed by atoms with E-state index in [9.17, 15) is 9.59 Å². The molecule has 5 nitrogen and oxygen atoms in total. The van der Waals surface area contributed by atoms with Gasteiger partial charge in [0.2, 0.25) is 5.91 Å². The number of rotatable bonds is 6. The van der Waals surface area contributed by atoms with Gasteiger partial charge in [0.05, 0.1) is 5.69 Å². The van der Waals surface area contributed by atoms with Gasteiger partial charge in [0, 0.05) is 19.0 Å². The Bertz CT molecular complexity index is 820. The number of ether oxygens (including phenoxy) is 1. The predicted octanol–water partition coefficient (Wildman–Crippen LogP) is 3.83. The highest BCUT2D eigenvalue weighted by Gasteiger charge is 2.15. The van der Waals surface area contributed by atoms with Gasteiger partial charge in [-0.15, -0.1) is 0 Å². The normalized spacial score (nSPS) is 10.0. The van der Waals surface area contributed by atoms with E-state index in [0.717, 1.165) is 11.1 Å². The van der Waals surface area contributed by atoms with Crippen molar-refractivity contribution in [1.29, 1.82) is 5.26 Å². The molecule has 0 radical (unpaired) electrons. The molecule has 0 fully saturated rings. The lowest BCUT2D eigenvalue weighted by molar-refractivity contribution is -0.118. The fourth-order valence-electron chi connectivity index (χ4n) is 2.47. The van der Waals surface area contributed by atoms with Crippen molar-refractivity contribution in [3.8, 4) is 22.9 Å². The smallest absolute Gasteiger partial charge is 0.226 e. The summed E-state index contributed by atoms with van der Waals surface area (Å²) in [5, 5.41) is 8.79. The predicted molar refractivity (Wildman–Crippen MR) is 96.7 cm³/mol. The Morgan fingerprint density at radius 1 is 1.12 bits per heavy atom. The molecule has 0 bridgehead atoms. The highest BCUT2D eigenvalue weighted by molar-refractivity contribution is 5.95. The molecule has 0 aliphatic rings. The first-order valence-corrected chi connectivity index (χ1v) is 7.99. The lowest BCUT2D eigenvalue weighted by atomic mass is 10.0. The van der Waals surface area contributed by atoms with Gasteiger partial charge in [-0.25, -0.2) is 0 Å². The van der Waals surface area contributed by atoms with E-state index >= 15 is 0 Å². The number of benzene rings is 2. The van der Waals surface area contributed by atoms with Crippen LogP contribution in [0, 0.1) is 11.3 Å². The SMILES string of the molecule is CCC(=O)N(C)c1ccc(-c2ccc(C(C)=O)cc2)cc1OCC#N. The van der Waals surface area contributed by atoms with Gasteiger partial charge < -0.3 is 9.64 Å². The Hall–Kier alpha value is -3.13. The number of hydrogen-bond acceptors (Lipinski definition) is 4. The van der Waals surface area contributed by atoms with E-state index in [1.165, 1.54) is 11.8 Å². The van der Waals surface area contributed by atoms with Gasteiger partial charge in [-0.3, -0.25) is 9.59 Å². The van der Waals surface area contributed by atoms with Gasteiger partial charge in [0.1, 0.15) is 11.8 Å². The fraction of sp³-hybridized carbons (Fsp3) is 0.250. The number of anilines is 1. The second-order valence-corrected chi connectivity index (χ2v) is 5.57. The van der Waals surface area contributed by atoms with Crippen molar-refractivity contribution < 1.29 is 14.3 Å². The fourth-order valence-corrected chi connectivity index (χ4v) is 2.47. The third-order valence-corrected chi connectivity index (χ3v) is 3.91. The first-order chi connectivity index (χ1) is 12.0. The topological polar surface area (TPSA) is 70.4 Å². The Morgan fingerprint density at radius 3 is 2.32 bits per heavy atom. The maximum Gasteiger partial charge on any atom is 0.226 e. The molecule has 0 saturated heterocycles. The van der Waals surface area contributed by atoms with Crippen molar-refractivity contribution in [3.05, 3.63) is 48.0 Å². The Balaban J connectivity index is 2.42. The lowest BCUT2D eigenvalue weighted by Gasteiger charge is -2.20. The van der Waals surface area contributed by atoms with Crippen LogP contribution in [0.5, 0.6) is 5.75 Å². The molecule has 1 amide bonds. The molecule has 0 N–H and O–H groups in total. The average molecular weight is 336 g/mol. The third-order valence-electron chi connectivity index (χ3n) is 3.91. The van der Waals surface area contributed by atoms with E-state index in [0.29, 0.717) is 23.4 Å². The molecule has 0 aromatic heterocycles. The summed E-state index contributed by atoms with van der Waals surface area (Å²) in [5.41, 5.74) is 3.06. The summed E-state index contributed by atoms with van der Waals surface area (Å²) >= 11 is 0. The molecule has 2 rings (SSSR count). The zero-order chi connectivity index (χ0) is 18.4. The number of Topliss-reactive ketones (excluding diaryl/α,β-unsaturated/α-hetero) is 1. The lowest BCUT2D eigenvalue weighted by Crippen LogP contribution is -2.25. The quantitative estimate of drug-likeness (QED) is 0.752. The zero-order valence-electron chi connectivity index (χ0n) is 14.6. The zero-order valence-corrected chi connectivity index (χ0v) is 14.6. The molecule has 2 aromatic rings. The number of hydrogen-bond donors (Lipinski definition) is 0. The van der Waals surface area contributed by atoms with E-state index in [4.69, 9.17) is 10.00 Å². The van der Waals surface area contributed by atoms with Crippen LogP contribution in [0.3, 0.4) is 0 Å². The molecule has 0 heterocycles. The summed E-state index contributed by atoms with van der Waals surface area (Å²) in [7, 11) is 1.68. The summed E-state index contributed by atoms with van der Waals surface area (Å²) in [6.07, 6.45) is 0.377. The van der Waals surface area contributed by atoms with E-state index in [-0.39, 0.29) is 18.3 Å². The molecule has 0 aliphatic carbocycles. The van der Waals surface area contributed by atoms with Crippen LogP contribution >= 0.6 is 0 Å². The van der Waals surface area contributed by atoms with Crippen LogP contribution in [0.15, 0.2) is 42.5 Å². The molecule has 5 heteroatoms. The number of nitriles is 1. The monoisotopic (exact) mass is 336 g/mol. The molecule has 25 heavy (non-hydrogen) atoms. The standard InChI is InChI=1S/C20H20N2O3/c1-4-20(24)22(3)18-10-9-17(13-19(18)25-12-11-21)16-7-5-15(6-8-16)14(2)23/h5-10,13H,4,12H2,1-3H3. The second kappa shape index (κ2) is 8.11. The molecular weight excluding hydrogens is 316 g/mol. The van der Waals surface area contributed by atoms with E-state index < -0.39 is 0 Å². The van der Waals surface area contributed by atoms with Crippen molar-refractivity contribution in [1.82, 2.24) is 0 Å². The van der Waals surface area contributed by atoms with Crippen LogP contribution in [0.25, 0.3) is 11.1 Å². The van der Waals surface area contributed by atoms with Crippen molar-refractivity contribution >= 4 is 17.4 Å². The molecule has 0 atom stereocenters. The summed E-state index contributed by atoms with van der Waals surface area (Å²) in [5.74, 6) is 0.444. The van der Waals surface area contributed by atoms with E-state index in [2.05, 4.69) is 0 Å². The van der Waals surface area contributed by atoms with Crippen LogP contribution in [0.1, 0.15) is 30.6 Å². The van der Waals surface area contributed by atoms with Crippen molar-refractivity contribution in [3.63, 3.8) is 0 Å². The van der Waals surface area contributed by atoms with Gasteiger partial charge in [0.25, 0.3) is 0 Å². The van der Waals surface area contributed by atoms with E-state index in [1.54, 1.807) is 38.2 Å². The molecular formula is C20H20N2O3. The highest BCUT2D eigenvalue weighted by Crippen LogP contribution is 2.33. The van der Waals surface area contributed by atoms with Crippen molar-refractivity contribution in [2.24, 2.45) is 0 Å². The minimum atomic E-state index is -0.103. The van der Waals surface area contributed by atoms with Gasteiger partial charge in [0.15, 0.2) is 12.4 Å². The second-order valence-electron chi connectivity index (χ2n) is 5.57. The van der Waals surface area contributed by atoms with Crippen LogP contribution in [0.2, 0.25) is 0 Å². The Kier molecular flexibility index (Phi) is 5.91. The maximum absolute atomic E-state index is 12.0. The van der Waals surface area contributed by atoms with Crippen LogP contribution in [-0.2, 0) is 4.79 Å². The number of ketones is 1. The third kappa shape index (κ3) is 4.24. The van der Waals surface area contributed by atoms with Crippen molar-refractivity contribution in [2.45, 2.75) is 20.3 Å². The summed E-state index contributed by atoms with van der Waals surface area (Å²) in [6.45, 7) is 3.21. The number of carbonyl (C=O) groups is 2. The highest BCUT2D eigenvalue weighted by atomic mass is 16.5. The largest absolute Gasteiger partial charge is 0.477 e. The molecule has 0 aliphatic heterocycles. The first-order valence-electron chi connectivity index (χ1n) is 7.99. The van der Waals surface area contributed by atoms with Crippen LogP contribution in [0.4, 0.5) is 5.69 Å². The van der Waals surface area contributed by atoms with Crippen LogP contribution in [-0.4, -0.2) is 25.3 Å². The Labute approximate surface area is 147 Å². The number of nitrogens with zero attached hydrogens (tertiary/aromatic N) is 2. The minimum Gasteiger partial charge on any atom is -0.477 e. The van der Waals surface area contributed by atoms with Gasteiger partial charge in [-0.05, 0) is 30.2 Å². The van der Waals surface area contributed by atoms with Gasteiger partial charge >= 0.3 is 0 Å². The molecule has 128 valence electrons. The first kappa shape index (κ1) is 18.2. The summed E-state index contributed by atoms with van der Waals surface area (Å²) in [4.78, 5) is 24.9. The summed E-state index contributed by atoms with van der Waals surface area (Å²) < 4.78 is 5.52. The minimum absolute atomic E-state index is 0.0136. The molecule has 0 spiro atoms. The van der Waals surface area contributed by atoms with Crippen molar-refractivity contribution in [2.75, 3.05) is 18.6 Å². The average Bonchev–Trinajstić information content (AvgIpc) is 2.64. The molecule has 0 unspecified atom stereocenters. The Morgan fingerprint density at radius 2 is 1.76 bits per heavy atom. The molecule has 2 aromatic carbocycles. The van der Waals surface area contributed by atoms with E-state index in [1.807, 2.05) is 24.3 Å². The van der Waals surface area contributed by atoms with Gasteiger partial charge in [-0.2, -0.15) is 5.26 Å². The van der Waals surface area contributed by atoms with Crippen LogP contribution < -0.4 is 9.64 Å².